The third kappa shape index (κ3) is 7.98. The van der Waals surface area contributed by atoms with Crippen molar-refractivity contribution in [3.05, 3.63) is 81.9 Å². The van der Waals surface area contributed by atoms with E-state index in [4.69, 9.17) is 21.3 Å². The quantitative estimate of drug-likeness (QED) is 0.101. The number of nitrogens with one attached hydrogen (secondary N) is 5. The Morgan fingerprint density at radius 3 is 2.33 bits per heavy atom. The van der Waals surface area contributed by atoms with Gasteiger partial charge in [-0.1, -0.05) is 29.8 Å². The average Bonchev–Trinajstić information content (AvgIpc) is 3.98. The SMILES string of the molecule is COc1nc(N[C@H]2CCc3c(-c4nccc(-c5ccc6c(CNCC7CCC(=O)N7)cn(C)c6n5)c4Cl)cccc32)c(C(F)(F)F)nc1CNCC1CCC(=O)N1. The molecule has 2 fully saturated rings. The molecule has 0 spiro atoms. The smallest absolute Gasteiger partial charge is 0.437 e. The average molecular weight is 803 g/mol. The zero-order valence-corrected chi connectivity index (χ0v) is 32.2. The van der Waals surface area contributed by atoms with E-state index in [1.165, 1.54) is 7.11 Å². The largest absolute Gasteiger partial charge is 0.480 e. The summed E-state index contributed by atoms with van der Waals surface area (Å²) in [4.78, 5) is 41.0. The molecule has 3 atom stereocenters. The molecule has 17 heteroatoms. The molecule has 6 heterocycles. The Bertz CT molecular complexity index is 2350. The fraction of sp³-hybridized carbons (Fsp3) is 0.400. The van der Waals surface area contributed by atoms with E-state index in [1.807, 2.05) is 54.2 Å². The van der Waals surface area contributed by atoms with E-state index in [1.54, 1.807) is 6.20 Å². The first-order valence-electron chi connectivity index (χ1n) is 19.0. The van der Waals surface area contributed by atoms with E-state index in [0.29, 0.717) is 73.7 Å². The fourth-order valence-corrected chi connectivity index (χ4v) is 8.39. The number of aromatic nitrogens is 5. The van der Waals surface area contributed by atoms with Crippen LogP contribution in [0, 0.1) is 0 Å². The van der Waals surface area contributed by atoms with Crippen molar-refractivity contribution in [3.63, 3.8) is 0 Å². The molecular formula is C40H42ClF3N10O3. The number of alkyl halides is 3. The van der Waals surface area contributed by atoms with Gasteiger partial charge in [0.15, 0.2) is 11.5 Å². The highest BCUT2D eigenvalue weighted by atomic mass is 35.5. The van der Waals surface area contributed by atoms with Crippen LogP contribution in [0.5, 0.6) is 5.88 Å². The van der Waals surface area contributed by atoms with Gasteiger partial charge in [-0.3, -0.25) is 14.6 Å². The lowest BCUT2D eigenvalue weighted by atomic mass is 9.98. The van der Waals surface area contributed by atoms with Gasteiger partial charge in [-0.2, -0.15) is 18.2 Å². The van der Waals surface area contributed by atoms with Crippen LogP contribution in [0.15, 0.2) is 48.8 Å². The molecule has 3 aliphatic rings. The van der Waals surface area contributed by atoms with Crippen LogP contribution in [0.25, 0.3) is 33.5 Å². The minimum absolute atomic E-state index is 0.0135. The molecule has 13 nitrogen and oxygen atoms in total. The zero-order chi connectivity index (χ0) is 39.8. The van der Waals surface area contributed by atoms with Crippen molar-refractivity contribution in [2.45, 2.75) is 75.9 Å². The van der Waals surface area contributed by atoms with Crippen molar-refractivity contribution >= 4 is 40.3 Å². The van der Waals surface area contributed by atoms with E-state index in [0.717, 1.165) is 39.7 Å². The van der Waals surface area contributed by atoms with Crippen molar-refractivity contribution in [2.75, 3.05) is 25.5 Å². The maximum atomic E-state index is 14.5. The number of aryl methyl sites for hydroxylation is 1. The summed E-state index contributed by atoms with van der Waals surface area (Å²) in [5.41, 5.74) is 5.21. The van der Waals surface area contributed by atoms with Gasteiger partial charge in [-0.25, -0.2) is 9.97 Å². The summed E-state index contributed by atoms with van der Waals surface area (Å²) >= 11 is 7.14. The van der Waals surface area contributed by atoms with Crippen molar-refractivity contribution in [1.82, 2.24) is 45.8 Å². The predicted molar refractivity (Wildman–Crippen MR) is 208 cm³/mol. The molecule has 298 valence electrons. The molecule has 1 aromatic carbocycles. The number of nitrogens with zero attached hydrogens (tertiary/aromatic N) is 5. The molecule has 0 radical (unpaired) electrons. The van der Waals surface area contributed by atoms with E-state index in [2.05, 4.69) is 41.5 Å². The molecular weight excluding hydrogens is 761 g/mol. The minimum Gasteiger partial charge on any atom is -0.480 e. The highest BCUT2D eigenvalue weighted by molar-refractivity contribution is 6.35. The molecule has 0 bridgehead atoms. The van der Waals surface area contributed by atoms with Crippen LogP contribution in [-0.2, 0) is 42.3 Å². The lowest BCUT2D eigenvalue weighted by Crippen LogP contribution is -2.35. The maximum absolute atomic E-state index is 14.5. The summed E-state index contributed by atoms with van der Waals surface area (Å²) in [5, 5.41) is 16.8. The first-order valence-corrected chi connectivity index (χ1v) is 19.4. The molecule has 5 N–H and O–H groups in total. The number of rotatable bonds is 13. The van der Waals surface area contributed by atoms with Crippen molar-refractivity contribution in [2.24, 2.45) is 7.05 Å². The maximum Gasteiger partial charge on any atom is 0.437 e. The van der Waals surface area contributed by atoms with Crippen LogP contribution < -0.4 is 31.3 Å². The standard InChI is InChI=1S/C40H42ClF3N10O3/c1-54-20-21(16-45-17-22-6-12-32(55)48-22)24-8-10-30(52-38(24)54)28-14-15-47-35(34(28)41)27-5-3-4-26-25(27)9-11-29(26)51-37-36(40(42,43)44)50-31(39(53-37)57-2)19-46-18-23-7-13-33(56)49-23/h3-5,8,10,14-15,20,22-23,29,45-46H,6-7,9,11-13,16-19H2,1-2H3,(H,48,55)(H,49,56)(H,51,53)/t22?,23?,29-/m0/s1. The Labute approximate surface area is 331 Å². The van der Waals surface area contributed by atoms with Crippen LogP contribution >= 0.6 is 11.6 Å². The number of pyridine rings is 2. The Morgan fingerprint density at radius 1 is 0.912 bits per heavy atom. The second-order valence-electron chi connectivity index (χ2n) is 14.7. The number of carbonyl (C=O) groups excluding carboxylic acids is 2. The van der Waals surface area contributed by atoms with Gasteiger partial charge < -0.3 is 35.9 Å². The van der Waals surface area contributed by atoms with E-state index in [9.17, 15) is 22.8 Å². The van der Waals surface area contributed by atoms with Crippen LogP contribution in [0.1, 0.15) is 66.2 Å². The molecule has 57 heavy (non-hydrogen) atoms. The number of benzene rings is 1. The fourth-order valence-electron chi connectivity index (χ4n) is 8.08. The highest BCUT2D eigenvalue weighted by Gasteiger charge is 2.39. The van der Waals surface area contributed by atoms with Crippen molar-refractivity contribution in [1.29, 1.82) is 0 Å². The Kier molecular flexibility index (Phi) is 10.8. The van der Waals surface area contributed by atoms with E-state index in [-0.39, 0.29) is 42.0 Å². The van der Waals surface area contributed by atoms with Crippen molar-refractivity contribution < 1.29 is 27.5 Å². The Hall–Kier alpha value is -5.32. The summed E-state index contributed by atoms with van der Waals surface area (Å²) in [5.74, 6) is -0.404. The van der Waals surface area contributed by atoms with Gasteiger partial charge in [0.2, 0.25) is 17.7 Å². The van der Waals surface area contributed by atoms with Gasteiger partial charge in [-0.15, -0.1) is 0 Å². The van der Waals surface area contributed by atoms with Crippen LogP contribution in [0.3, 0.4) is 0 Å². The van der Waals surface area contributed by atoms with Gasteiger partial charge in [0.1, 0.15) is 11.3 Å². The zero-order valence-electron chi connectivity index (χ0n) is 31.4. The van der Waals surface area contributed by atoms with Gasteiger partial charge in [0.05, 0.1) is 29.6 Å². The number of halogens is 4. The Balaban J connectivity index is 1.02. The summed E-state index contributed by atoms with van der Waals surface area (Å²) in [6.07, 6.45) is 2.47. The number of carbonyl (C=O) groups is 2. The molecule has 2 saturated heterocycles. The number of anilines is 1. The number of fused-ring (bicyclic) bond motifs is 2. The highest BCUT2D eigenvalue weighted by Crippen LogP contribution is 2.44. The lowest BCUT2D eigenvalue weighted by Gasteiger charge is -2.21. The Morgan fingerprint density at radius 2 is 1.65 bits per heavy atom. The van der Waals surface area contributed by atoms with Crippen molar-refractivity contribution in [3.8, 4) is 28.4 Å². The molecule has 4 aromatic heterocycles. The monoisotopic (exact) mass is 802 g/mol. The summed E-state index contributed by atoms with van der Waals surface area (Å²) in [7, 11) is 3.29. The third-order valence-corrected chi connectivity index (χ3v) is 11.2. The van der Waals surface area contributed by atoms with Gasteiger partial charge in [-0.05, 0) is 60.6 Å². The van der Waals surface area contributed by atoms with E-state index < -0.39 is 23.7 Å². The minimum atomic E-state index is -4.79. The summed E-state index contributed by atoms with van der Waals surface area (Å²) in [6, 6.07) is 11.0. The van der Waals surface area contributed by atoms with Gasteiger partial charge >= 0.3 is 6.18 Å². The lowest BCUT2D eigenvalue weighted by molar-refractivity contribution is -0.141. The van der Waals surface area contributed by atoms with Crippen LogP contribution in [0.4, 0.5) is 19.0 Å². The second-order valence-corrected chi connectivity index (χ2v) is 15.1. The molecule has 2 amide bonds. The molecule has 8 rings (SSSR count). The van der Waals surface area contributed by atoms with Gasteiger partial charge in [0, 0.05) is 87.1 Å². The molecule has 5 aromatic rings. The first-order chi connectivity index (χ1) is 27.5. The second kappa shape index (κ2) is 15.9. The molecule has 0 saturated carbocycles. The number of methoxy groups -OCH3 is 1. The van der Waals surface area contributed by atoms with Crippen LogP contribution in [-0.4, -0.2) is 68.6 Å². The van der Waals surface area contributed by atoms with E-state index >= 15 is 0 Å². The first kappa shape index (κ1) is 38.5. The normalized spacial score (nSPS) is 19.2. The summed E-state index contributed by atoms with van der Waals surface area (Å²) < 4.78 is 50.8. The topological polar surface area (TPSA) is 160 Å². The molecule has 1 aliphatic carbocycles. The van der Waals surface area contributed by atoms with Crippen LogP contribution in [0.2, 0.25) is 5.02 Å². The predicted octanol–water partition coefficient (Wildman–Crippen LogP) is 5.61. The molecule has 2 unspecified atom stereocenters. The number of ether oxygens (including phenoxy) is 1. The third-order valence-electron chi connectivity index (χ3n) is 10.9. The number of hydrogen-bond donors (Lipinski definition) is 5. The summed E-state index contributed by atoms with van der Waals surface area (Å²) in [6.45, 7) is 1.67. The molecule has 2 aliphatic heterocycles. The number of hydrogen-bond acceptors (Lipinski definition) is 10. The number of amides is 2. The van der Waals surface area contributed by atoms with Gasteiger partial charge in [0.25, 0.3) is 0 Å².